The van der Waals surface area contributed by atoms with Crippen molar-refractivity contribution in [3.63, 3.8) is 0 Å². The number of hydrogen-bond acceptors (Lipinski definition) is 3. The highest BCUT2D eigenvalue weighted by Crippen LogP contribution is 2.13. The molecule has 1 amide bonds. The van der Waals surface area contributed by atoms with Crippen LogP contribution in [0.15, 0.2) is 0 Å². The second-order valence-corrected chi connectivity index (χ2v) is 4.19. The van der Waals surface area contributed by atoms with E-state index in [0.29, 0.717) is 0 Å². The van der Waals surface area contributed by atoms with Crippen molar-refractivity contribution in [1.82, 2.24) is 5.32 Å². The molecule has 3 nitrogen and oxygen atoms in total. The van der Waals surface area contributed by atoms with Crippen molar-refractivity contribution in [2.45, 2.75) is 32.3 Å². The summed E-state index contributed by atoms with van der Waals surface area (Å²) in [5.41, 5.74) is -0.680. The Morgan fingerprint density at radius 2 is 1.93 bits per heavy atom. The van der Waals surface area contributed by atoms with Crippen LogP contribution in [0.4, 0.5) is 13.6 Å². The van der Waals surface area contributed by atoms with Crippen LogP contribution in [0, 0.1) is 0 Å². The van der Waals surface area contributed by atoms with Crippen LogP contribution in [0.3, 0.4) is 0 Å². The zero-order valence-electron chi connectivity index (χ0n) is 8.43. The Labute approximate surface area is 87.6 Å². The van der Waals surface area contributed by atoms with Gasteiger partial charge in [0.25, 0.3) is 5.92 Å². The standard InChI is InChI=1S/C8H15F2NO2S/c1-7(2,3)13-6(12)11-4-8(9,10)5-14/h14H,4-5H2,1-3H3,(H,11,12). The van der Waals surface area contributed by atoms with Gasteiger partial charge in [-0.2, -0.15) is 12.6 Å². The highest BCUT2D eigenvalue weighted by molar-refractivity contribution is 7.80. The predicted molar refractivity (Wildman–Crippen MR) is 53.0 cm³/mol. The molecule has 0 aromatic rings. The van der Waals surface area contributed by atoms with Gasteiger partial charge in [0.05, 0.1) is 12.3 Å². The smallest absolute Gasteiger partial charge is 0.407 e. The summed E-state index contributed by atoms with van der Waals surface area (Å²) in [6, 6.07) is 0. The number of ether oxygens (including phenoxy) is 1. The summed E-state index contributed by atoms with van der Waals surface area (Å²) in [4.78, 5) is 10.9. The van der Waals surface area contributed by atoms with Gasteiger partial charge in [0.15, 0.2) is 0 Å². The van der Waals surface area contributed by atoms with Gasteiger partial charge in [-0.15, -0.1) is 0 Å². The fraction of sp³-hybridized carbons (Fsp3) is 0.875. The lowest BCUT2D eigenvalue weighted by atomic mass is 10.2. The molecule has 0 aliphatic rings. The van der Waals surface area contributed by atoms with E-state index < -0.39 is 29.9 Å². The van der Waals surface area contributed by atoms with Crippen molar-refractivity contribution < 1.29 is 18.3 Å². The van der Waals surface area contributed by atoms with Crippen LogP contribution in [0.2, 0.25) is 0 Å². The number of rotatable bonds is 3. The monoisotopic (exact) mass is 227 g/mol. The number of hydrogen-bond donors (Lipinski definition) is 2. The molecule has 1 N–H and O–H groups in total. The first-order valence-electron chi connectivity index (χ1n) is 4.12. The lowest BCUT2D eigenvalue weighted by Gasteiger charge is -2.21. The molecule has 0 aromatic carbocycles. The minimum atomic E-state index is -3.00. The molecule has 0 saturated heterocycles. The Hall–Kier alpha value is -0.520. The highest BCUT2D eigenvalue weighted by atomic mass is 32.1. The molecule has 0 unspecified atom stereocenters. The minimum absolute atomic E-state index is 0.608. The predicted octanol–water partition coefficient (Wildman–Crippen LogP) is 2.08. The Morgan fingerprint density at radius 1 is 1.43 bits per heavy atom. The lowest BCUT2D eigenvalue weighted by molar-refractivity contribution is 0.0155. The third-order valence-electron chi connectivity index (χ3n) is 1.12. The molecule has 0 bridgehead atoms. The van der Waals surface area contributed by atoms with Crippen LogP contribution < -0.4 is 5.32 Å². The van der Waals surface area contributed by atoms with Gasteiger partial charge in [0, 0.05) is 0 Å². The second-order valence-electron chi connectivity index (χ2n) is 3.87. The van der Waals surface area contributed by atoms with E-state index in [1.165, 1.54) is 0 Å². The number of carbonyl (C=O) groups is 1. The van der Waals surface area contributed by atoms with Crippen LogP contribution in [-0.2, 0) is 4.74 Å². The van der Waals surface area contributed by atoms with E-state index in [1.807, 2.05) is 5.32 Å². The fourth-order valence-electron chi connectivity index (χ4n) is 0.572. The molecule has 0 atom stereocenters. The average molecular weight is 227 g/mol. The summed E-state index contributed by atoms with van der Waals surface area (Å²) in [5, 5.41) is 1.97. The minimum Gasteiger partial charge on any atom is -0.444 e. The molecular weight excluding hydrogens is 212 g/mol. The summed E-state index contributed by atoms with van der Waals surface area (Å²) >= 11 is 3.45. The maximum atomic E-state index is 12.6. The lowest BCUT2D eigenvalue weighted by Crippen LogP contribution is -2.40. The van der Waals surface area contributed by atoms with Gasteiger partial charge in [0.1, 0.15) is 5.60 Å². The van der Waals surface area contributed by atoms with Crippen LogP contribution in [0.25, 0.3) is 0 Å². The van der Waals surface area contributed by atoms with Gasteiger partial charge >= 0.3 is 6.09 Å². The van der Waals surface area contributed by atoms with Crippen LogP contribution in [0.1, 0.15) is 20.8 Å². The Kier molecular flexibility index (Phi) is 4.64. The van der Waals surface area contributed by atoms with E-state index in [0.717, 1.165) is 0 Å². The van der Waals surface area contributed by atoms with Crippen LogP contribution >= 0.6 is 12.6 Å². The average Bonchev–Trinajstić information content (AvgIpc) is 1.98. The van der Waals surface area contributed by atoms with Gasteiger partial charge in [-0.3, -0.25) is 0 Å². The van der Waals surface area contributed by atoms with E-state index >= 15 is 0 Å². The first-order valence-corrected chi connectivity index (χ1v) is 4.75. The Bertz CT molecular complexity index is 204. The van der Waals surface area contributed by atoms with E-state index in [-0.39, 0.29) is 0 Å². The zero-order valence-corrected chi connectivity index (χ0v) is 9.33. The fourth-order valence-corrected chi connectivity index (χ4v) is 0.683. The summed E-state index contributed by atoms with van der Waals surface area (Å²) < 4.78 is 30.0. The van der Waals surface area contributed by atoms with Crippen LogP contribution in [0.5, 0.6) is 0 Å². The van der Waals surface area contributed by atoms with E-state index in [1.54, 1.807) is 20.8 Å². The largest absolute Gasteiger partial charge is 0.444 e. The first kappa shape index (κ1) is 13.5. The van der Waals surface area contributed by atoms with Crippen molar-refractivity contribution in [3.05, 3.63) is 0 Å². The van der Waals surface area contributed by atoms with Crippen molar-refractivity contribution in [3.8, 4) is 0 Å². The second kappa shape index (κ2) is 4.82. The van der Waals surface area contributed by atoms with Gasteiger partial charge in [0.2, 0.25) is 0 Å². The summed E-state index contributed by atoms with van der Waals surface area (Å²) in [6.07, 6.45) is -0.848. The molecular formula is C8H15F2NO2S. The maximum absolute atomic E-state index is 12.6. The molecule has 6 heteroatoms. The molecule has 84 valence electrons. The number of alkyl carbamates (subject to hydrolysis) is 1. The number of alkyl halides is 2. The van der Waals surface area contributed by atoms with Gasteiger partial charge in [-0.1, -0.05) is 0 Å². The number of halogens is 2. The van der Waals surface area contributed by atoms with Crippen molar-refractivity contribution in [1.29, 1.82) is 0 Å². The number of nitrogens with one attached hydrogen (secondary N) is 1. The molecule has 0 radical (unpaired) electrons. The molecule has 0 rings (SSSR count). The molecule has 0 aromatic heterocycles. The molecule has 0 aliphatic carbocycles. The normalized spacial score (nSPS) is 12.4. The first-order chi connectivity index (χ1) is 6.16. The molecule has 0 spiro atoms. The van der Waals surface area contributed by atoms with E-state index in [2.05, 4.69) is 12.6 Å². The highest BCUT2D eigenvalue weighted by Gasteiger charge is 2.28. The van der Waals surface area contributed by atoms with Crippen molar-refractivity contribution in [2.75, 3.05) is 12.3 Å². The quantitative estimate of drug-likeness (QED) is 0.724. The van der Waals surface area contributed by atoms with Gasteiger partial charge < -0.3 is 10.1 Å². The summed E-state index contributed by atoms with van der Waals surface area (Å²) in [7, 11) is 0. The summed E-state index contributed by atoms with van der Waals surface area (Å²) in [5.74, 6) is -3.61. The van der Waals surface area contributed by atoms with Crippen molar-refractivity contribution in [2.24, 2.45) is 0 Å². The van der Waals surface area contributed by atoms with Crippen molar-refractivity contribution >= 4 is 18.7 Å². The van der Waals surface area contributed by atoms with Gasteiger partial charge in [-0.05, 0) is 20.8 Å². The number of carbonyl (C=O) groups excluding carboxylic acids is 1. The number of thiol groups is 1. The topological polar surface area (TPSA) is 38.3 Å². The Balaban J connectivity index is 3.87. The Morgan fingerprint density at radius 3 is 2.29 bits per heavy atom. The molecule has 0 heterocycles. The molecule has 0 saturated carbocycles. The third-order valence-corrected chi connectivity index (χ3v) is 1.58. The maximum Gasteiger partial charge on any atom is 0.407 e. The van der Waals surface area contributed by atoms with E-state index in [9.17, 15) is 13.6 Å². The van der Waals surface area contributed by atoms with E-state index in [4.69, 9.17) is 4.74 Å². The number of amides is 1. The zero-order chi connectivity index (χ0) is 11.4. The molecule has 0 aliphatic heterocycles. The SMILES string of the molecule is CC(C)(C)OC(=O)NCC(F)(F)CS. The molecule has 14 heavy (non-hydrogen) atoms. The van der Waals surface area contributed by atoms with Crippen LogP contribution in [-0.4, -0.2) is 29.9 Å². The summed E-state index contributed by atoms with van der Waals surface area (Å²) in [6.45, 7) is 4.21. The molecule has 0 fully saturated rings. The van der Waals surface area contributed by atoms with Gasteiger partial charge in [-0.25, -0.2) is 13.6 Å². The third kappa shape index (κ3) is 6.94.